The van der Waals surface area contributed by atoms with Gasteiger partial charge >= 0.3 is 24.0 Å². The molecule has 0 aliphatic rings. The Morgan fingerprint density at radius 2 is 1.45 bits per heavy atom. The molecular formula is C11H7F7O2. The van der Waals surface area contributed by atoms with Gasteiger partial charge in [0.15, 0.2) is 6.61 Å². The summed E-state index contributed by atoms with van der Waals surface area (Å²) in [6.45, 7) is -2.38. The van der Waals surface area contributed by atoms with E-state index in [-0.39, 0.29) is 5.56 Å². The minimum atomic E-state index is -6.45. The number of halogens is 7. The second-order valence-electron chi connectivity index (χ2n) is 3.72. The zero-order chi connectivity index (χ0) is 15.6. The zero-order valence-corrected chi connectivity index (χ0v) is 9.56. The number of ether oxygens (including phenoxy) is 1. The van der Waals surface area contributed by atoms with Gasteiger partial charge < -0.3 is 4.74 Å². The van der Waals surface area contributed by atoms with Crippen molar-refractivity contribution in [2.75, 3.05) is 6.61 Å². The fourth-order valence-electron chi connectivity index (χ4n) is 1.11. The minimum absolute atomic E-state index is 0.251. The lowest BCUT2D eigenvalue weighted by atomic mass is 10.1. The van der Waals surface area contributed by atoms with E-state index >= 15 is 0 Å². The van der Waals surface area contributed by atoms with Gasteiger partial charge in [0.25, 0.3) is 0 Å². The van der Waals surface area contributed by atoms with Crippen LogP contribution in [0, 0.1) is 0 Å². The molecule has 0 aliphatic heterocycles. The Kier molecular flexibility index (Phi) is 4.30. The van der Waals surface area contributed by atoms with Crippen molar-refractivity contribution in [1.82, 2.24) is 0 Å². The SMILES string of the molecule is O=C(OCC(F)(F)C(F)(F)C(F)(F)F)c1ccccc1. The van der Waals surface area contributed by atoms with Crippen molar-refractivity contribution in [1.29, 1.82) is 0 Å². The monoisotopic (exact) mass is 304 g/mol. The number of hydrogen-bond donors (Lipinski definition) is 0. The second kappa shape index (κ2) is 5.29. The van der Waals surface area contributed by atoms with Crippen LogP contribution < -0.4 is 0 Å². The van der Waals surface area contributed by atoms with Crippen molar-refractivity contribution in [3.8, 4) is 0 Å². The smallest absolute Gasteiger partial charge is 0.455 e. The molecule has 0 atom stereocenters. The Balaban J connectivity index is 2.76. The van der Waals surface area contributed by atoms with Gasteiger partial charge in [0.2, 0.25) is 0 Å². The maximum Gasteiger partial charge on any atom is 0.460 e. The highest BCUT2D eigenvalue weighted by atomic mass is 19.4. The first-order chi connectivity index (χ1) is 8.99. The molecule has 0 saturated carbocycles. The van der Waals surface area contributed by atoms with Crippen LogP contribution in [0.4, 0.5) is 30.7 Å². The minimum Gasteiger partial charge on any atom is -0.455 e. The molecule has 112 valence electrons. The molecule has 0 spiro atoms. The van der Waals surface area contributed by atoms with Crippen LogP contribution in [-0.4, -0.2) is 30.6 Å². The maximum atomic E-state index is 12.8. The lowest BCUT2D eigenvalue weighted by molar-refractivity contribution is -0.359. The molecule has 0 aromatic heterocycles. The van der Waals surface area contributed by atoms with Crippen molar-refractivity contribution >= 4 is 5.97 Å². The third kappa shape index (κ3) is 3.20. The molecule has 0 fully saturated rings. The van der Waals surface area contributed by atoms with Gasteiger partial charge in [-0.15, -0.1) is 0 Å². The molecule has 1 rings (SSSR count). The molecule has 1 aromatic carbocycles. The van der Waals surface area contributed by atoms with Gasteiger partial charge in [-0.25, -0.2) is 4.79 Å². The van der Waals surface area contributed by atoms with E-state index in [9.17, 15) is 35.5 Å². The summed E-state index contributed by atoms with van der Waals surface area (Å²) >= 11 is 0. The number of carbonyl (C=O) groups is 1. The van der Waals surface area contributed by atoms with E-state index in [1.807, 2.05) is 0 Å². The molecule has 1 aromatic rings. The zero-order valence-electron chi connectivity index (χ0n) is 9.56. The van der Waals surface area contributed by atoms with E-state index in [1.165, 1.54) is 18.2 Å². The fraction of sp³-hybridized carbons (Fsp3) is 0.364. The lowest BCUT2D eigenvalue weighted by Crippen LogP contribution is -2.54. The molecule has 0 N–H and O–H groups in total. The van der Waals surface area contributed by atoms with E-state index in [0.717, 1.165) is 12.1 Å². The Labute approximate surface area is 108 Å². The van der Waals surface area contributed by atoms with E-state index in [1.54, 1.807) is 0 Å². The molecule has 0 unspecified atom stereocenters. The van der Waals surface area contributed by atoms with E-state index in [0.29, 0.717) is 0 Å². The van der Waals surface area contributed by atoms with Crippen LogP contribution in [-0.2, 0) is 4.74 Å². The van der Waals surface area contributed by atoms with Crippen molar-refractivity contribution < 1.29 is 40.3 Å². The molecular weight excluding hydrogens is 297 g/mol. The molecule has 0 bridgehead atoms. The van der Waals surface area contributed by atoms with Crippen molar-refractivity contribution in [3.05, 3.63) is 35.9 Å². The number of rotatable bonds is 4. The van der Waals surface area contributed by atoms with Crippen LogP contribution in [0.3, 0.4) is 0 Å². The molecule has 9 heteroatoms. The Morgan fingerprint density at radius 3 is 1.90 bits per heavy atom. The first kappa shape index (κ1) is 16.3. The first-order valence-corrected chi connectivity index (χ1v) is 5.03. The standard InChI is InChI=1S/C11H7F7O2/c12-9(13,10(14,15)11(16,17)18)6-20-8(19)7-4-2-1-3-5-7/h1-5H,6H2. The molecule has 2 nitrogen and oxygen atoms in total. The number of alkyl halides is 7. The van der Waals surface area contributed by atoms with Gasteiger partial charge in [-0.05, 0) is 12.1 Å². The van der Waals surface area contributed by atoms with Crippen LogP contribution in [0.25, 0.3) is 0 Å². The van der Waals surface area contributed by atoms with E-state index < -0.39 is 30.6 Å². The summed E-state index contributed by atoms with van der Waals surface area (Å²) in [4.78, 5) is 11.2. The predicted molar refractivity (Wildman–Crippen MR) is 52.7 cm³/mol. The Morgan fingerprint density at radius 1 is 0.950 bits per heavy atom. The van der Waals surface area contributed by atoms with Gasteiger partial charge in [-0.2, -0.15) is 30.7 Å². The van der Waals surface area contributed by atoms with Gasteiger partial charge in [-0.3, -0.25) is 0 Å². The lowest BCUT2D eigenvalue weighted by Gasteiger charge is -2.27. The highest BCUT2D eigenvalue weighted by molar-refractivity contribution is 5.89. The molecule has 0 amide bonds. The van der Waals surface area contributed by atoms with Crippen LogP contribution in [0.15, 0.2) is 30.3 Å². The van der Waals surface area contributed by atoms with E-state index in [4.69, 9.17) is 0 Å². The summed E-state index contributed by atoms with van der Waals surface area (Å²) in [5.74, 6) is -13.3. The highest BCUT2D eigenvalue weighted by Gasteiger charge is 2.73. The molecule has 0 heterocycles. The third-order valence-corrected chi connectivity index (χ3v) is 2.21. The summed E-state index contributed by atoms with van der Waals surface area (Å²) in [7, 11) is 0. The fourth-order valence-corrected chi connectivity index (χ4v) is 1.11. The van der Waals surface area contributed by atoms with Crippen LogP contribution in [0.5, 0.6) is 0 Å². The van der Waals surface area contributed by atoms with E-state index in [2.05, 4.69) is 4.74 Å². The quantitative estimate of drug-likeness (QED) is 0.626. The summed E-state index contributed by atoms with van der Waals surface area (Å²) in [6, 6.07) is 6.39. The predicted octanol–water partition coefficient (Wildman–Crippen LogP) is 3.68. The highest BCUT2D eigenvalue weighted by Crippen LogP contribution is 2.46. The molecule has 0 radical (unpaired) electrons. The Hall–Kier alpha value is -1.80. The second-order valence-corrected chi connectivity index (χ2v) is 3.72. The van der Waals surface area contributed by atoms with Crippen LogP contribution >= 0.6 is 0 Å². The average molecular weight is 304 g/mol. The number of carbonyl (C=O) groups excluding carboxylic acids is 1. The number of esters is 1. The third-order valence-electron chi connectivity index (χ3n) is 2.21. The molecule has 0 aliphatic carbocycles. The van der Waals surface area contributed by atoms with Gasteiger partial charge in [-0.1, -0.05) is 18.2 Å². The van der Waals surface area contributed by atoms with Crippen LogP contribution in [0.2, 0.25) is 0 Å². The average Bonchev–Trinajstić information content (AvgIpc) is 2.35. The van der Waals surface area contributed by atoms with Crippen molar-refractivity contribution in [2.24, 2.45) is 0 Å². The summed E-state index contributed by atoms with van der Waals surface area (Å²) in [5.41, 5.74) is -0.251. The van der Waals surface area contributed by atoms with Crippen molar-refractivity contribution in [2.45, 2.75) is 18.0 Å². The van der Waals surface area contributed by atoms with Gasteiger partial charge in [0.1, 0.15) is 0 Å². The van der Waals surface area contributed by atoms with Gasteiger partial charge in [0.05, 0.1) is 5.56 Å². The molecule has 0 saturated heterocycles. The number of hydrogen-bond acceptors (Lipinski definition) is 2. The Bertz CT molecular complexity index is 467. The normalized spacial score (nSPS) is 13.2. The summed E-state index contributed by atoms with van der Waals surface area (Å²) in [5, 5.41) is 0. The number of benzene rings is 1. The molecule has 20 heavy (non-hydrogen) atoms. The summed E-state index contributed by atoms with van der Waals surface area (Å²) < 4.78 is 89.9. The van der Waals surface area contributed by atoms with Gasteiger partial charge in [0, 0.05) is 0 Å². The largest absolute Gasteiger partial charge is 0.460 e. The van der Waals surface area contributed by atoms with Crippen molar-refractivity contribution in [3.63, 3.8) is 0 Å². The topological polar surface area (TPSA) is 26.3 Å². The summed E-state index contributed by atoms with van der Waals surface area (Å²) in [6.07, 6.45) is -6.45. The first-order valence-electron chi connectivity index (χ1n) is 5.03. The van der Waals surface area contributed by atoms with Crippen LogP contribution in [0.1, 0.15) is 10.4 Å². The maximum absolute atomic E-state index is 12.8.